The second kappa shape index (κ2) is 9.60. The molecule has 33 heavy (non-hydrogen) atoms. The van der Waals surface area contributed by atoms with Crippen LogP contribution in [0.2, 0.25) is 0 Å². The van der Waals surface area contributed by atoms with Crippen molar-refractivity contribution in [1.82, 2.24) is 14.8 Å². The normalized spacial score (nSPS) is 13.9. The van der Waals surface area contributed by atoms with Gasteiger partial charge in [0.15, 0.2) is 0 Å². The highest BCUT2D eigenvalue weighted by Crippen LogP contribution is 2.18. The highest BCUT2D eigenvalue weighted by atomic mass is 19.1. The molecule has 1 saturated heterocycles. The topological polar surface area (TPSA) is 82.6 Å². The molecule has 0 saturated carbocycles. The van der Waals surface area contributed by atoms with Crippen LogP contribution in [-0.2, 0) is 22.7 Å². The van der Waals surface area contributed by atoms with Crippen LogP contribution in [0.25, 0.3) is 0 Å². The van der Waals surface area contributed by atoms with Crippen molar-refractivity contribution in [3.63, 3.8) is 0 Å². The molecule has 2 heterocycles. The van der Waals surface area contributed by atoms with Crippen molar-refractivity contribution in [3.05, 3.63) is 95.1 Å². The summed E-state index contributed by atoms with van der Waals surface area (Å²) in [5.41, 5.74) is 2.75. The fourth-order valence-electron chi connectivity index (χ4n) is 3.60. The van der Waals surface area contributed by atoms with Crippen molar-refractivity contribution in [2.75, 3.05) is 18.4 Å². The van der Waals surface area contributed by atoms with Crippen molar-refractivity contribution < 1.29 is 18.8 Å². The third kappa shape index (κ3) is 5.23. The maximum absolute atomic E-state index is 14.0. The number of anilines is 1. The van der Waals surface area contributed by atoms with E-state index in [1.54, 1.807) is 49.5 Å². The number of pyridine rings is 1. The van der Waals surface area contributed by atoms with E-state index in [4.69, 9.17) is 0 Å². The summed E-state index contributed by atoms with van der Waals surface area (Å²) in [6, 6.07) is 16.7. The molecule has 2 aromatic carbocycles. The minimum Gasteiger partial charge on any atom is -0.328 e. The van der Waals surface area contributed by atoms with Crippen LogP contribution < -0.4 is 5.32 Å². The Kier molecular flexibility index (Phi) is 6.44. The van der Waals surface area contributed by atoms with Crippen molar-refractivity contribution in [2.24, 2.45) is 0 Å². The van der Waals surface area contributed by atoms with E-state index in [-0.39, 0.29) is 12.2 Å². The van der Waals surface area contributed by atoms with Gasteiger partial charge in [0.25, 0.3) is 5.91 Å². The monoisotopic (exact) mass is 446 g/mol. The van der Waals surface area contributed by atoms with Gasteiger partial charge < -0.3 is 15.1 Å². The molecule has 1 aliphatic rings. The van der Waals surface area contributed by atoms with Crippen molar-refractivity contribution in [3.8, 4) is 0 Å². The fraction of sp³-hybridized carbons (Fsp3) is 0.200. The lowest BCUT2D eigenvalue weighted by Crippen LogP contribution is -2.53. The standard InChI is InChI=1S/C25H23FN4O3/c1-17-5-10-22(21(26)14-17)28-23(31)19-8-6-18(7-9-19)15-29-12-13-30(25(33)24(29)32)16-20-4-2-3-11-27-20/h2-11,14H,12-13,15-16H2,1H3,(H,28,31). The summed E-state index contributed by atoms with van der Waals surface area (Å²) in [5, 5.41) is 2.56. The number of hydrogen-bond donors (Lipinski definition) is 1. The lowest BCUT2D eigenvalue weighted by atomic mass is 10.1. The van der Waals surface area contributed by atoms with Gasteiger partial charge in [0, 0.05) is 31.4 Å². The van der Waals surface area contributed by atoms with Crippen molar-refractivity contribution in [2.45, 2.75) is 20.0 Å². The van der Waals surface area contributed by atoms with Crippen LogP contribution in [0.5, 0.6) is 0 Å². The first kappa shape index (κ1) is 22.1. The number of benzene rings is 2. The van der Waals surface area contributed by atoms with E-state index in [0.717, 1.165) is 16.8 Å². The molecular weight excluding hydrogens is 423 g/mol. The lowest BCUT2D eigenvalue weighted by Gasteiger charge is -2.33. The van der Waals surface area contributed by atoms with Gasteiger partial charge in [-0.3, -0.25) is 19.4 Å². The van der Waals surface area contributed by atoms with Gasteiger partial charge in [-0.1, -0.05) is 24.3 Å². The Balaban J connectivity index is 1.35. The SMILES string of the molecule is Cc1ccc(NC(=O)c2ccc(CN3CCN(Cc4ccccn4)C(=O)C3=O)cc2)c(F)c1. The number of rotatable bonds is 6. The van der Waals surface area contributed by atoms with Crippen LogP contribution in [0.15, 0.2) is 66.9 Å². The lowest BCUT2D eigenvalue weighted by molar-refractivity contribution is -0.156. The number of aryl methyl sites for hydroxylation is 1. The molecule has 3 amide bonds. The van der Waals surface area contributed by atoms with Gasteiger partial charge in [0.2, 0.25) is 0 Å². The Hall–Kier alpha value is -4.07. The molecule has 0 aliphatic carbocycles. The van der Waals surface area contributed by atoms with Gasteiger partial charge in [-0.15, -0.1) is 0 Å². The zero-order valence-electron chi connectivity index (χ0n) is 18.1. The molecule has 7 nitrogen and oxygen atoms in total. The number of hydrogen-bond acceptors (Lipinski definition) is 4. The molecule has 0 unspecified atom stereocenters. The predicted molar refractivity (Wildman–Crippen MR) is 121 cm³/mol. The van der Waals surface area contributed by atoms with E-state index >= 15 is 0 Å². The number of piperazine rings is 1. The molecule has 168 valence electrons. The smallest absolute Gasteiger partial charge is 0.312 e. The van der Waals surface area contributed by atoms with E-state index < -0.39 is 23.5 Å². The molecule has 1 aromatic heterocycles. The zero-order valence-corrected chi connectivity index (χ0v) is 18.1. The first-order chi connectivity index (χ1) is 15.9. The third-order valence-corrected chi connectivity index (χ3v) is 5.44. The molecule has 1 N–H and O–H groups in total. The average molecular weight is 446 g/mol. The van der Waals surface area contributed by atoms with E-state index in [0.29, 0.717) is 25.2 Å². The fourth-order valence-corrected chi connectivity index (χ4v) is 3.60. The van der Waals surface area contributed by atoms with Gasteiger partial charge in [0.1, 0.15) is 5.82 Å². The van der Waals surface area contributed by atoms with Crippen LogP contribution in [0.3, 0.4) is 0 Å². The molecule has 0 atom stereocenters. The third-order valence-electron chi connectivity index (χ3n) is 5.44. The maximum atomic E-state index is 14.0. The number of halogens is 1. The molecule has 4 rings (SSSR count). The Morgan fingerprint density at radius 3 is 2.30 bits per heavy atom. The van der Waals surface area contributed by atoms with Gasteiger partial charge in [-0.25, -0.2) is 4.39 Å². The van der Waals surface area contributed by atoms with Crippen LogP contribution >= 0.6 is 0 Å². The highest BCUT2D eigenvalue weighted by Gasteiger charge is 2.32. The molecule has 8 heteroatoms. The molecule has 0 spiro atoms. The second-order valence-corrected chi connectivity index (χ2v) is 7.91. The first-order valence-electron chi connectivity index (χ1n) is 10.6. The van der Waals surface area contributed by atoms with Gasteiger partial charge in [-0.2, -0.15) is 0 Å². The Labute approximate surface area is 190 Å². The summed E-state index contributed by atoms with van der Waals surface area (Å²) in [4.78, 5) is 44.7. The highest BCUT2D eigenvalue weighted by molar-refractivity contribution is 6.35. The predicted octanol–water partition coefficient (Wildman–Crippen LogP) is 3.15. The quantitative estimate of drug-likeness (QED) is 0.590. The summed E-state index contributed by atoms with van der Waals surface area (Å²) in [6.07, 6.45) is 1.65. The number of nitrogens with one attached hydrogen (secondary N) is 1. The number of carbonyl (C=O) groups is 3. The summed E-state index contributed by atoms with van der Waals surface area (Å²) in [7, 11) is 0. The molecule has 1 aliphatic heterocycles. The number of nitrogens with zero attached hydrogens (tertiary/aromatic N) is 3. The van der Waals surface area contributed by atoms with E-state index in [9.17, 15) is 18.8 Å². The van der Waals surface area contributed by atoms with Gasteiger partial charge in [0.05, 0.1) is 17.9 Å². The molecular formula is C25H23FN4O3. The van der Waals surface area contributed by atoms with Gasteiger partial charge >= 0.3 is 11.8 Å². The summed E-state index contributed by atoms with van der Waals surface area (Å²) >= 11 is 0. The number of amides is 3. The summed E-state index contributed by atoms with van der Waals surface area (Å²) in [5.74, 6) is -2.04. The van der Waals surface area contributed by atoms with Crippen LogP contribution in [-0.4, -0.2) is 45.6 Å². The van der Waals surface area contributed by atoms with Crippen LogP contribution in [0.1, 0.15) is 27.2 Å². The first-order valence-corrected chi connectivity index (χ1v) is 10.6. The Morgan fingerprint density at radius 1 is 0.970 bits per heavy atom. The minimum absolute atomic E-state index is 0.113. The number of aromatic nitrogens is 1. The van der Waals surface area contributed by atoms with Crippen LogP contribution in [0, 0.1) is 12.7 Å². The summed E-state index contributed by atoms with van der Waals surface area (Å²) < 4.78 is 14.0. The Bertz CT molecular complexity index is 1180. The maximum Gasteiger partial charge on any atom is 0.312 e. The van der Waals surface area contributed by atoms with E-state index in [2.05, 4.69) is 10.3 Å². The summed E-state index contributed by atoms with van der Waals surface area (Å²) in [6.45, 7) is 3.16. The zero-order chi connectivity index (χ0) is 23.4. The molecule has 1 fully saturated rings. The number of carbonyl (C=O) groups excluding carboxylic acids is 3. The minimum atomic E-state index is -0.561. The Morgan fingerprint density at radius 2 is 1.67 bits per heavy atom. The van der Waals surface area contributed by atoms with Crippen molar-refractivity contribution in [1.29, 1.82) is 0 Å². The molecule has 0 radical (unpaired) electrons. The van der Waals surface area contributed by atoms with Gasteiger partial charge in [-0.05, 0) is 54.4 Å². The van der Waals surface area contributed by atoms with Crippen molar-refractivity contribution >= 4 is 23.4 Å². The molecule has 0 bridgehead atoms. The van der Waals surface area contributed by atoms with Crippen LogP contribution in [0.4, 0.5) is 10.1 Å². The van der Waals surface area contributed by atoms with E-state index in [1.165, 1.54) is 21.9 Å². The van der Waals surface area contributed by atoms with E-state index in [1.807, 2.05) is 12.1 Å². The second-order valence-electron chi connectivity index (χ2n) is 7.91. The largest absolute Gasteiger partial charge is 0.328 e. The molecule has 3 aromatic rings. The average Bonchev–Trinajstić information content (AvgIpc) is 2.82.